The summed E-state index contributed by atoms with van der Waals surface area (Å²) >= 11 is 12.1. The minimum absolute atomic E-state index is 0. The van der Waals surface area contributed by atoms with Crippen molar-refractivity contribution in [2.75, 3.05) is 6.54 Å². The number of hydrogen-bond acceptors (Lipinski definition) is 4. The van der Waals surface area contributed by atoms with Crippen molar-refractivity contribution in [3.63, 3.8) is 0 Å². The molecule has 1 heterocycles. The number of halogens is 3. The van der Waals surface area contributed by atoms with Crippen molar-refractivity contribution >= 4 is 53.1 Å². The smallest absolute Gasteiger partial charge is 0.192 e. The van der Waals surface area contributed by atoms with E-state index in [-0.39, 0.29) is 30.5 Å². The molecule has 2 aromatic rings. The van der Waals surface area contributed by atoms with Gasteiger partial charge >= 0.3 is 0 Å². The lowest BCUT2D eigenvalue weighted by Gasteiger charge is -2.19. The first-order valence-corrected chi connectivity index (χ1v) is 10.2. The summed E-state index contributed by atoms with van der Waals surface area (Å²) in [5, 5.41) is 26.4. The predicted molar refractivity (Wildman–Crippen MR) is 127 cm³/mol. The second-order valence-electron chi connectivity index (χ2n) is 7.11. The van der Waals surface area contributed by atoms with Crippen LogP contribution in [-0.4, -0.2) is 38.4 Å². The number of nitrogens with zero attached hydrogens (tertiary/aromatic N) is 4. The van der Waals surface area contributed by atoms with Gasteiger partial charge in [-0.25, -0.2) is 4.99 Å². The van der Waals surface area contributed by atoms with E-state index < -0.39 is 6.10 Å². The van der Waals surface area contributed by atoms with Crippen molar-refractivity contribution in [3.8, 4) is 0 Å². The molecule has 1 aromatic carbocycles. The Hall–Kier alpha value is -1.10. The summed E-state index contributed by atoms with van der Waals surface area (Å²) < 4.78 is 1.92. The maximum absolute atomic E-state index is 10.5. The summed E-state index contributed by atoms with van der Waals surface area (Å²) in [7, 11) is 1.92. The van der Waals surface area contributed by atoms with Crippen LogP contribution in [0.1, 0.15) is 49.0 Å². The fraction of sp³-hybridized carbons (Fsp3) is 0.526. The van der Waals surface area contributed by atoms with E-state index in [0.717, 1.165) is 24.5 Å². The normalized spacial score (nSPS) is 15.8. The molecule has 160 valence electrons. The molecule has 3 N–H and O–H groups in total. The number of aliphatic hydroxyl groups excluding tert-OH is 1. The fourth-order valence-corrected chi connectivity index (χ4v) is 3.78. The molecule has 0 spiro atoms. The maximum atomic E-state index is 10.5. The first-order chi connectivity index (χ1) is 13.4. The fourth-order valence-electron chi connectivity index (χ4n) is 3.23. The molecule has 1 aliphatic carbocycles. The summed E-state index contributed by atoms with van der Waals surface area (Å²) in [6.07, 6.45) is 3.92. The van der Waals surface area contributed by atoms with Gasteiger partial charge in [-0.3, -0.25) is 0 Å². The molecular formula is C19H27Cl2IN6O. The number of aromatic nitrogens is 3. The van der Waals surface area contributed by atoms with E-state index in [9.17, 15) is 5.11 Å². The van der Waals surface area contributed by atoms with Crippen molar-refractivity contribution in [3.05, 3.63) is 45.5 Å². The van der Waals surface area contributed by atoms with E-state index in [2.05, 4.69) is 25.8 Å². The molecule has 1 saturated carbocycles. The number of hydrogen-bond donors (Lipinski definition) is 3. The van der Waals surface area contributed by atoms with Gasteiger partial charge in [0.2, 0.25) is 0 Å². The highest BCUT2D eigenvalue weighted by molar-refractivity contribution is 14.0. The number of aryl methyl sites for hydroxylation is 1. The third-order valence-electron chi connectivity index (χ3n) is 4.99. The van der Waals surface area contributed by atoms with Crippen LogP contribution < -0.4 is 10.6 Å². The molecule has 1 unspecified atom stereocenters. The summed E-state index contributed by atoms with van der Waals surface area (Å²) in [6, 6.07) is 5.46. The molecular weight excluding hydrogens is 526 g/mol. The average molecular weight is 553 g/mol. The lowest BCUT2D eigenvalue weighted by molar-refractivity contribution is 0.180. The summed E-state index contributed by atoms with van der Waals surface area (Å²) in [5.41, 5.74) is 0.661. The summed E-state index contributed by atoms with van der Waals surface area (Å²) in [5.74, 6) is 2.28. The van der Waals surface area contributed by atoms with Crippen LogP contribution in [0.5, 0.6) is 0 Å². The third-order valence-corrected chi connectivity index (χ3v) is 5.43. The highest BCUT2D eigenvalue weighted by Crippen LogP contribution is 2.23. The van der Waals surface area contributed by atoms with Gasteiger partial charge in [0.1, 0.15) is 12.4 Å². The molecule has 0 radical (unpaired) electrons. The van der Waals surface area contributed by atoms with Crippen molar-refractivity contribution in [2.24, 2.45) is 12.0 Å². The van der Waals surface area contributed by atoms with Crippen LogP contribution in [-0.2, 0) is 13.6 Å². The van der Waals surface area contributed by atoms with E-state index in [0.29, 0.717) is 34.2 Å². The van der Waals surface area contributed by atoms with Gasteiger partial charge in [0.25, 0.3) is 0 Å². The Bertz CT molecular complexity index is 818. The van der Waals surface area contributed by atoms with Crippen molar-refractivity contribution < 1.29 is 5.11 Å². The highest BCUT2D eigenvalue weighted by atomic mass is 127. The van der Waals surface area contributed by atoms with Gasteiger partial charge in [-0.1, -0.05) is 36.0 Å². The van der Waals surface area contributed by atoms with Gasteiger partial charge in [0.15, 0.2) is 11.8 Å². The average Bonchev–Trinajstić information content (AvgIpc) is 3.27. The van der Waals surface area contributed by atoms with Crippen LogP contribution in [0.15, 0.2) is 23.2 Å². The van der Waals surface area contributed by atoms with Gasteiger partial charge in [-0.15, -0.1) is 34.2 Å². The highest BCUT2D eigenvalue weighted by Gasteiger charge is 2.17. The minimum atomic E-state index is -0.760. The van der Waals surface area contributed by atoms with Gasteiger partial charge in [0, 0.05) is 29.7 Å². The molecule has 29 heavy (non-hydrogen) atoms. The van der Waals surface area contributed by atoms with E-state index >= 15 is 0 Å². The van der Waals surface area contributed by atoms with Gasteiger partial charge in [0.05, 0.1) is 6.10 Å². The van der Waals surface area contributed by atoms with Crippen LogP contribution in [0.2, 0.25) is 10.0 Å². The zero-order valence-corrected chi connectivity index (χ0v) is 20.4. The minimum Gasteiger partial charge on any atom is -0.387 e. The van der Waals surface area contributed by atoms with Crippen LogP contribution in [0.25, 0.3) is 0 Å². The molecule has 0 amide bonds. The zero-order chi connectivity index (χ0) is 20.1. The molecule has 7 nitrogen and oxygen atoms in total. The van der Waals surface area contributed by atoms with Crippen molar-refractivity contribution in [1.29, 1.82) is 0 Å². The van der Waals surface area contributed by atoms with E-state index in [4.69, 9.17) is 23.2 Å². The molecule has 1 atom stereocenters. The maximum Gasteiger partial charge on any atom is 0.192 e. The number of aliphatic hydroxyl groups is 1. The number of guanidine groups is 1. The zero-order valence-electron chi connectivity index (χ0n) is 16.5. The van der Waals surface area contributed by atoms with E-state index in [1.165, 1.54) is 12.8 Å². The summed E-state index contributed by atoms with van der Waals surface area (Å²) in [6.45, 7) is 2.59. The van der Waals surface area contributed by atoms with E-state index in [1.54, 1.807) is 18.2 Å². The largest absolute Gasteiger partial charge is 0.387 e. The standard InChI is InChI=1S/C19H26Cl2N6O.HI/c1-12-25-26-18(27(12)2)11-23-19(24-16-5-3-4-6-16)22-10-17(28)13-7-14(20)9-15(21)8-13;/h7-9,16-17,28H,3-6,10-11H2,1-2H3,(H2,22,23,24);1H. The number of benzene rings is 1. The van der Waals surface area contributed by atoms with Crippen LogP contribution in [0.3, 0.4) is 0 Å². The molecule has 0 aliphatic heterocycles. The molecule has 3 rings (SSSR count). The Balaban J connectivity index is 0.00000300. The third kappa shape index (κ3) is 6.97. The van der Waals surface area contributed by atoms with Crippen molar-refractivity contribution in [1.82, 2.24) is 25.4 Å². The monoisotopic (exact) mass is 552 g/mol. The Morgan fingerprint density at radius 1 is 1.24 bits per heavy atom. The predicted octanol–water partition coefficient (Wildman–Crippen LogP) is 3.76. The Kier molecular flexibility index (Phi) is 9.45. The quantitative estimate of drug-likeness (QED) is 0.288. The SMILES string of the molecule is Cc1nnc(CN=C(NCC(O)c2cc(Cl)cc(Cl)c2)NC2CCCC2)n1C.I. The Morgan fingerprint density at radius 2 is 1.90 bits per heavy atom. The Labute approximate surface area is 198 Å². The molecule has 0 bridgehead atoms. The van der Waals surface area contributed by atoms with Gasteiger partial charge in [-0.05, 0) is 43.5 Å². The molecule has 1 aliphatic rings. The van der Waals surface area contributed by atoms with Crippen LogP contribution in [0.4, 0.5) is 0 Å². The topological polar surface area (TPSA) is 87.4 Å². The van der Waals surface area contributed by atoms with Crippen molar-refractivity contribution in [2.45, 2.75) is 51.3 Å². The van der Waals surface area contributed by atoms with Gasteiger partial charge < -0.3 is 20.3 Å². The van der Waals surface area contributed by atoms with Gasteiger partial charge in [-0.2, -0.15) is 0 Å². The second-order valence-corrected chi connectivity index (χ2v) is 7.99. The van der Waals surface area contributed by atoms with Crippen LogP contribution >= 0.6 is 47.2 Å². The summed E-state index contributed by atoms with van der Waals surface area (Å²) in [4.78, 5) is 4.64. The molecule has 1 aromatic heterocycles. The Morgan fingerprint density at radius 3 is 2.48 bits per heavy atom. The molecule has 10 heteroatoms. The lowest BCUT2D eigenvalue weighted by atomic mass is 10.1. The second kappa shape index (κ2) is 11.3. The first kappa shape index (κ1) is 24.2. The van der Waals surface area contributed by atoms with E-state index in [1.807, 2.05) is 18.5 Å². The van der Waals surface area contributed by atoms with Crippen LogP contribution in [0, 0.1) is 6.92 Å². The number of aliphatic imine (C=N–C) groups is 1. The number of rotatable bonds is 6. The molecule has 1 fully saturated rings. The first-order valence-electron chi connectivity index (χ1n) is 9.46. The lowest BCUT2D eigenvalue weighted by Crippen LogP contribution is -2.43. The number of nitrogens with one attached hydrogen (secondary N) is 2. The molecule has 0 saturated heterocycles.